The fourth-order valence-corrected chi connectivity index (χ4v) is 3.19. The van der Waals surface area contributed by atoms with Crippen LogP contribution in [-0.4, -0.2) is 45.1 Å². The van der Waals surface area contributed by atoms with E-state index >= 15 is 0 Å². The van der Waals surface area contributed by atoms with Gasteiger partial charge >= 0.3 is 6.18 Å². The van der Waals surface area contributed by atoms with Crippen LogP contribution in [0, 0.1) is 0 Å². The Labute approximate surface area is 159 Å². The highest BCUT2D eigenvalue weighted by molar-refractivity contribution is 5.69. The van der Waals surface area contributed by atoms with E-state index in [1.54, 1.807) is 22.8 Å². The Morgan fingerprint density at radius 1 is 1.32 bits per heavy atom. The molecular weight excluding hydrogens is 375 g/mol. The number of nitrogens with two attached hydrogens (primary N) is 2. The van der Waals surface area contributed by atoms with E-state index in [4.69, 9.17) is 11.6 Å². The first-order chi connectivity index (χ1) is 13.3. The lowest BCUT2D eigenvalue weighted by Gasteiger charge is -2.30. The zero-order valence-corrected chi connectivity index (χ0v) is 14.9. The summed E-state index contributed by atoms with van der Waals surface area (Å²) >= 11 is 0. The average Bonchev–Trinajstić information content (AvgIpc) is 3.18. The van der Waals surface area contributed by atoms with Gasteiger partial charge in [-0.2, -0.15) is 13.2 Å². The summed E-state index contributed by atoms with van der Waals surface area (Å²) in [4.78, 5) is 21.2. The van der Waals surface area contributed by atoms with Crippen molar-refractivity contribution in [3.05, 3.63) is 42.1 Å². The molecule has 11 heteroatoms. The van der Waals surface area contributed by atoms with Crippen LogP contribution in [0.4, 0.5) is 13.2 Å². The molecule has 2 aromatic heterocycles. The average molecular weight is 395 g/mol. The van der Waals surface area contributed by atoms with Gasteiger partial charge in [0.2, 0.25) is 6.41 Å². The quantitative estimate of drug-likeness (QED) is 0.400. The number of likely N-dealkylation sites (tertiary alicyclic amines) is 1. The second-order valence-electron chi connectivity index (χ2n) is 6.46. The van der Waals surface area contributed by atoms with Crippen molar-refractivity contribution in [3.63, 3.8) is 0 Å². The first-order valence-electron chi connectivity index (χ1n) is 8.56. The monoisotopic (exact) mass is 395 g/mol. The molecule has 1 fully saturated rings. The SMILES string of the molecule is NN/C(=C(\N)c1ccnc(-c2cn(C3CCCN(C=O)C3)cn2)c1)C(F)(F)F. The van der Waals surface area contributed by atoms with Crippen molar-refractivity contribution in [2.45, 2.75) is 25.1 Å². The van der Waals surface area contributed by atoms with Crippen LogP contribution in [0.15, 0.2) is 36.6 Å². The van der Waals surface area contributed by atoms with Crippen molar-refractivity contribution in [2.24, 2.45) is 11.6 Å². The number of nitrogens with one attached hydrogen (secondary N) is 1. The third-order valence-electron chi connectivity index (χ3n) is 4.63. The highest BCUT2D eigenvalue weighted by atomic mass is 19.4. The van der Waals surface area contributed by atoms with E-state index in [0.717, 1.165) is 25.8 Å². The van der Waals surface area contributed by atoms with Crippen LogP contribution in [0.3, 0.4) is 0 Å². The van der Waals surface area contributed by atoms with Crippen molar-refractivity contribution in [2.75, 3.05) is 13.1 Å². The Balaban J connectivity index is 1.88. The van der Waals surface area contributed by atoms with E-state index in [1.165, 1.54) is 18.3 Å². The number of piperidine rings is 1. The minimum Gasteiger partial charge on any atom is -0.397 e. The van der Waals surface area contributed by atoms with Gasteiger partial charge in [-0.05, 0) is 25.0 Å². The molecule has 1 atom stereocenters. The van der Waals surface area contributed by atoms with E-state index in [9.17, 15) is 18.0 Å². The molecule has 2 aromatic rings. The molecule has 0 aromatic carbocycles. The minimum atomic E-state index is -4.71. The number of alkyl halides is 3. The summed E-state index contributed by atoms with van der Waals surface area (Å²) in [6.45, 7) is 1.31. The van der Waals surface area contributed by atoms with E-state index in [0.29, 0.717) is 17.9 Å². The van der Waals surface area contributed by atoms with Gasteiger partial charge < -0.3 is 20.6 Å². The van der Waals surface area contributed by atoms with Crippen LogP contribution in [0.2, 0.25) is 0 Å². The number of imidazole rings is 1. The highest BCUT2D eigenvalue weighted by Gasteiger charge is 2.36. The molecule has 0 aliphatic carbocycles. The lowest BCUT2D eigenvalue weighted by atomic mass is 10.1. The molecule has 1 amide bonds. The van der Waals surface area contributed by atoms with Gasteiger partial charge in [0.05, 0.1) is 23.8 Å². The predicted molar refractivity (Wildman–Crippen MR) is 95.9 cm³/mol. The van der Waals surface area contributed by atoms with Gasteiger partial charge in [0, 0.05) is 31.0 Å². The van der Waals surface area contributed by atoms with Gasteiger partial charge in [-0.15, -0.1) is 0 Å². The summed E-state index contributed by atoms with van der Waals surface area (Å²) in [6.07, 6.45) is 2.65. The van der Waals surface area contributed by atoms with Crippen molar-refractivity contribution < 1.29 is 18.0 Å². The Kier molecular flexibility index (Phi) is 5.54. The number of allylic oxidation sites excluding steroid dienone is 1. The molecule has 150 valence electrons. The number of aromatic nitrogens is 3. The van der Waals surface area contributed by atoms with Gasteiger partial charge in [-0.3, -0.25) is 15.6 Å². The third-order valence-corrected chi connectivity index (χ3v) is 4.63. The van der Waals surface area contributed by atoms with E-state index in [-0.39, 0.29) is 11.6 Å². The highest BCUT2D eigenvalue weighted by Crippen LogP contribution is 2.29. The zero-order chi connectivity index (χ0) is 20.3. The van der Waals surface area contributed by atoms with Crippen LogP contribution in [-0.2, 0) is 4.79 Å². The number of nitrogens with zero attached hydrogens (tertiary/aromatic N) is 4. The molecule has 3 rings (SSSR count). The minimum absolute atomic E-state index is 0.0895. The summed E-state index contributed by atoms with van der Waals surface area (Å²) in [5, 5.41) is 0. The molecule has 1 unspecified atom stereocenters. The smallest absolute Gasteiger partial charge is 0.397 e. The van der Waals surface area contributed by atoms with Crippen LogP contribution in [0.1, 0.15) is 24.4 Å². The number of hydrogen-bond donors (Lipinski definition) is 3. The van der Waals surface area contributed by atoms with Gasteiger partial charge in [0.1, 0.15) is 5.69 Å². The van der Waals surface area contributed by atoms with Gasteiger partial charge in [0.25, 0.3) is 0 Å². The first-order valence-corrected chi connectivity index (χ1v) is 8.56. The molecule has 0 radical (unpaired) electrons. The maximum Gasteiger partial charge on any atom is 0.434 e. The number of amides is 1. The number of pyridine rings is 1. The molecule has 5 N–H and O–H groups in total. The summed E-state index contributed by atoms with van der Waals surface area (Å²) in [6, 6.07) is 2.87. The molecule has 0 bridgehead atoms. The van der Waals surface area contributed by atoms with Crippen molar-refractivity contribution in [1.29, 1.82) is 0 Å². The predicted octanol–water partition coefficient (Wildman–Crippen LogP) is 1.39. The van der Waals surface area contributed by atoms with Crippen molar-refractivity contribution >= 4 is 12.1 Å². The number of hydrazine groups is 1. The van der Waals surface area contributed by atoms with E-state index < -0.39 is 17.6 Å². The summed E-state index contributed by atoms with van der Waals surface area (Å²) in [7, 11) is 0. The third kappa shape index (κ3) is 4.09. The van der Waals surface area contributed by atoms with Crippen LogP contribution in [0.5, 0.6) is 0 Å². The Morgan fingerprint density at radius 3 is 2.79 bits per heavy atom. The summed E-state index contributed by atoms with van der Waals surface area (Å²) in [5.41, 5.74) is 6.50. The fourth-order valence-electron chi connectivity index (χ4n) is 3.19. The topological polar surface area (TPSA) is 115 Å². The van der Waals surface area contributed by atoms with Crippen LogP contribution < -0.4 is 17.0 Å². The van der Waals surface area contributed by atoms with Crippen LogP contribution in [0.25, 0.3) is 17.1 Å². The fraction of sp³-hybridized carbons (Fsp3) is 0.353. The zero-order valence-electron chi connectivity index (χ0n) is 14.9. The number of hydrogen-bond acceptors (Lipinski definition) is 6. The summed E-state index contributed by atoms with van der Waals surface area (Å²) in [5.74, 6) is 4.99. The van der Waals surface area contributed by atoms with Crippen molar-refractivity contribution in [1.82, 2.24) is 24.9 Å². The maximum absolute atomic E-state index is 13.0. The number of rotatable bonds is 5. The van der Waals surface area contributed by atoms with Gasteiger partial charge in [-0.25, -0.2) is 4.98 Å². The largest absolute Gasteiger partial charge is 0.434 e. The number of carbonyl (C=O) groups excluding carboxylic acids is 1. The normalized spacial score (nSPS) is 18.6. The molecule has 1 aliphatic rings. The number of halogens is 3. The van der Waals surface area contributed by atoms with Gasteiger partial charge in [0.15, 0.2) is 5.70 Å². The Hall–Kier alpha value is -3.08. The van der Waals surface area contributed by atoms with Crippen molar-refractivity contribution in [3.8, 4) is 11.4 Å². The Bertz CT molecular complexity index is 878. The molecule has 0 saturated carbocycles. The van der Waals surface area contributed by atoms with Gasteiger partial charge in [-0.1, -0.05) is 0 Å². The molecule has 1 aliphatic heterocycles. The second-order valence-corrected chi connectivity index (χ2v) is 6.46. The molecule has 28 heavy (non-hydrogen) atoms. The lowest BCUT2D eigenvalue weighted by molar-refractivity contribution is -0.119. The molecular formula is C17H20F3N7O. The lowest BCUT2D eigenvalue weighted by Crippen LogP contribution is -2.35. The second kappa shape index (κ2) is 7.89. The summed E-state index contributed by atoms with van der Waals surface area (Å²) < 4.78 is 40.9. The standard InChI is InChI=1S/C17H20F3N7O/c18-17(19,20)16(25-22)15(21)11-3-4-23-13(6-11)14-8-27(9-24-14)12-2-1-5-26(7-12)10-28/h3-4,6,8-10,12,25H,1-2,5,7,21-22H2/b16-15-. The molecule has 0 spiro atoms. The maximum atomic E-state index is 13.0. The molecule has 8 nitrogen and oxygen atoms in total. The van der Waals surface area contributed by atoms with Crippen LogP contribution >= 0.6 is 0 Å². The van der Waals surface area contributed by atoms with E-state index in [2.05, 4.69) is 9.97 Å². The number of carbonyl (C=O) groups is 1. The molecule has 3 heterocycles. The first kappa shape index (κ1) is 19.7. The Morgan fingerprint density at radius 2 is 2.11 bits per heavy atom. The van der Waals surface area contributed by atoms with E-state index in [1.807, 2.05) is 4.57 Å². The molecule has 1 saturated heterocycles.